The highest BCUT2D eigenvalue weighted by Gasteiger charge is 2.41. The molecule has 3 nitrogen and oxygen atoms in total. The standard InChI is InChI=1S/C14H29N3/c1-15-11-14(6-7-14)12-16-8-3-13-4-9-17(2)10-5-13/h13,15-16H,3-12H2,1-2H3. The van der Waals surface area contributed by atoms with E-state index in [4.69, 9.17) is 0 Å². The Morgan fingerprint density at radius 1 is 1.18 bits per heavy atom. The maximum Gasteiger partial charge on any atom is 0.00200 e. The lowest BCUT2D eigenvalue weighted by Crippen LogP contribution is -2.34. The van der Waals surface area contributed by atoms with Crippen LogP contribution in [-0.2, 0) is 0 Å². The first-order valence-electron chi connectivity index (χ1n) is 7.28. The van der Waals surface area contributed by atoms with Crippen molar-refractivity contribution in [2.45, 2.75) is 32.1 Å². The summed E-state index contributed by atoms with van der Waals surface area (Å²) in [6.45, 7) is 6.23. The quantitative estimate of drug-likeness (QED) is 0.656. The molecule has 2 rings (SSSR count). The van der Waals surface area contributed by atoms with Gasteiger partial charge in [-0.2, -0.15) is 0 Å². The van der Waals surface area contributed by atoms with Gasteiger partial charge in [-0.1, -0.05) is 0 Å². The summed E-state index contributed by atoms with van der Waals surface area (Å²) in [4.78, 5) is 2.45. The lowest BCUT2D eigenvalue weighted by molar-refractivity contribution is 0.211. The molecule has 100 valence electrons. The molecule has 2 N–H and O–H groups in total. The van der Waals surface area contributed by atoms with Crippen molar-refractivity contribution in [3.63, 3.8) is 0 Å². The largest absolute Gasteiger partial charge is 0.319 e. The molecule has 0 spiro atoms. The molecule has 2 fully saturated rings. The Morgan fingerprint density at radius 3 is 2.47 bits per heavy atom. The van der Waals surface area contributed by atoms with Crippen LogP contribution in [0, 0.1) is 11.3 Å². The van der Waals surface area contributed by atoms with Gasteiger partial charge in [0.2, 0.25) is 0 Å². The van der Waals surface area contributed by atoms with E-state index in [9.17, 15) is 0 Å². The number of likely N-dealkylation sites (tertiary alicyclic amines) is 1. The summed E-state index contributed by atoms with van der Waals surface area (Å²) in [6, 6.07) is 0. The van der Waals surface area contributed by atoms with Crippen LogP contribution in [0.5, 0.6) is 0 Å². The van der Waals surface area contributed by atoms with Crippen molar-refractivity contribution >= 4 is 0 Å². The Labute approximate surface area is 106 Å². The number of nitrogens with one attached hydrogen (secondary N) is 2. The van der Waals surface area contributed by atoms with Gasteiger partial charge in [0.25, 0.3) is 0 Å². The highest BCUT2D eigenvalue weighted by molar-refractivity contribution is 4.96. The molecule has 3 heteroatoms. The molecule has 0 atom stereocenters. The van der Waals surface area contributed by atoms with Gasteiger partial charge in [-0.15, -0.1) is 0 Å². The van der Waals surface area contributed by atoms with Crippen molar-refractivity contribution in [2.24, 2.45) is 11.3 Å². The zero-order valence-electron chi connectivity index (χ0n) is 11.6. The van der Waals surface area contributed by atoms with Gasteiger partial charge in [-0.05, 0) is 77.2 Å². The maximum atomic E-state index is 3.68. The third-order valence-corrected chi connectivity index (χ3v) is 4.58. The summed E-state index contributed by atoms with van der Waals surface area (Å²) < 4.78 is 0. The van der Waals surface area contributed by atoms with Crippen molar-refractivity contribution in [1.29, 1.82) is 0 Å². The molecule has 1 saturated carbocycles. The molecule has 17 heavy (non-hydrogen) atoms. The number of rotatable bonds is 7. The smallest absolute Gasteiger partial charge is 0.00200 e. The summed E-state index contributed by atoms with van der Waals surface area (Å²) in [5.41, 5.74) is 0.613. The molecule has 0 amide bonds. The monoisotopic (exact) mass is 239 g/mol. The van der Waals surface area contributed by atoms with E-state index >= 15 is 0 Å². The Hall–Kier alpha value is -0.120. The molecule has 0 bridgehead atoms. The van der Waals surface area contributed by atoms with Gasteiger partial charge in [-0.3, -0.25) is 0 Å². The molecule has 0 unspecified atom stereocenters. The van der Waals surface area contributed by atoms with Crippen LogP contribution in [0.3, 0.4) is 0 Å². The van der Waals surface area contributed by atoms with Gasteiger partial charge in [0, 0.05) is 13.1 Å². The number of nitrogens with zero attached hydrogens (tertiary/aromatic N) is 1. The van der Waals surface area contributed by atoms with Crippen molar-refractivity contribution < 1.29 is 0 Å². The molecule has 1 heterocycles. The third-order valence-electron chi connectivity index (χ3n) is 4.58. The molecule has 0 aromatic rings. The van der Waals surface area contributed by atoms with Crippen LogP contribution in [0.15, 0.2) is 0 Å². The molecular formula is C14H29N3. The summed E-state index contributed by atoms with van der Waals surface area (Å²) in [5.74, 6) is 0.971. The second-order valence-electron chi connectivity index (χ2n) is 6.24. The Kier molecular flexibility index (Phi) is 4.83. The average Bonchev–Trinajstić information content (AvgIpc) is 3.08. The van der Waals surface area contributed by atoms with Gasteiger partial charge < -0.3 is 15.5 Å². The molecule has 0 aromatic carbocycles. The predicted octanol–water partition coefficient (Wildman–Crippen LogP) is 1.31. The fraction of sp³-hybridized carbons (Fsp3) is 1.00. The minimum atomic E-state index is 0.613. The molecule has 0 aromatic heterocycles. The van der Waals surface area contributed by atoms with Gasteiger partial charge in [-0.25, -0.2) is 0 Å². The molecule has 1 saturated heterocycles. The fourth-order valence-corrected chi connectivity index (χ4v) is 2.98. The van der Waals surface area contributed by atoms with E-state index in [-0.39, 0.29) is 0 Å². The summed E-state index contributed by atoms with van der Waals surface area (Å²) in [7, 11) is 4.31. The molecule has 0 radical (unpaired) electrons. The second kappa shape index (κ2) is 6.17. The Morgan fingerprint density at radius 2 is 1.88 bits per heavy atom. The average molecular weight is 239 g/mol. The summed E-state index contributed by atoms with van der Waals surface area (Å²) in [5, 5.41) is 7.00. The lowest BCUT2D eigenvalue weighted by Gasteiger charge is -2.29. The molecular weight excluding hydrogens is 210 g/mol. The van der Waals surface area contributed by atoms with Crippen molar-refractivity contribution in [3.8, 4) is 0 Å². The Balaban J connectivity index is 1.52. The first-order valence-corrected chi connectivity index (χ1v) is 7.28. The fourth-order valence-electron chi connectivity index (χ4n) is 2.98. The van der Waals surface area contributed by atoms with Crippen LogP contribution >= 0.6 is 0 Å². The van der Waals surface area contributed by atoms with E-state index < -0.39 is 0 Å². The van der Waals surface area contributed by atoms with Crippen molar-refractivity contribution in [2.75, 3.05) is 46.8 Å². The van der Waals surface area contributed by atoms with E-state index in [1.165, 1.54) is 64.8 Å². The summed E-state index contributed by atoms with van der Waals surface area (Å²) >= 11 is 0. The van der Waals surface area contributed by atoms with E-state index in [0.717, 1.165) is 5.92 Å². The highest BCUT2D eigenvalue weighted by atomic mass is 15.1. The number of piperidine rings is 1. The van der Waals surface area contributed by atoms with Crippen LogP contribution in [0.2, 0.25) is 0 Å². The van der Waals surface area contributed by atoms with Crippen LogP contribution in [0.1, 0.15) is 32.1 Å². The zero-order valence-corrected chi connectivity index (χ0v) is 11.6. The van der Waals surface area contributed by atoms with E-state index in [2.05, 4.69) is 29.6 Å². The zero-order chi connectivity index (χ0) is 12.1. The van der Waals surface area contributed by atoms with Crippen LogP contribution in [0.4, 0.5) is 0 Å². The van der Waals surface area contributed by atoms with Gasteiger partial charge in [0.05, 0.1) is 0 Å². The third kappa shape index (κ3) is 4.23. The van der Waals surface area contributed by atoms with E-state index in [0.29, 0.717) is 5.41 Å². The van der Waals surface area contributed by atoms with Crippen molar-refractivity contribution in [3.05, 3.63) is 0 Å². The van der Waals surface area contributed by atoms with Gasteiger partial charge in [0.1, 0.15) is 0 Å². The summed E-state index contributed by atoms with van der Waals surface area (Å²) in [6.07, 6.45) is 7.01. The van der Waals surface area contributed by atoms with Gasteiger partial charge >= 0.3 is 0 Å². The maximum absolute atomic E-state index is 3.68. The normalized spacial score (nSPS) is 25.1. The molecule has 1 aliphatic carbocycles. The lowest BCUT2D eigenvalue weighted by atomic mass is 9.94. The first kappa shape index (κ1) is 13.3. The Bertz CT molecular complexity index is 218. The van der Waals surface area contributed by atoms with Gasteiger partial charge in [0.15, 0.2) is 0 Å². The minimum absolute atomic E-state index is 0.613. The SMILES string of the molecule is CNCC1(CNCCC2CCN(C)CC2)CC1. The van der Waals surface area contributed by atoms with Crippen LogP contribution in [-0.4, -0.2) is 51.7 Å². The topological polar surface area (TPSA) is 27.3 Å². The second-order valence-corrected chi connectivity index (χ2v) is 6.24. The molecule has 1 aliphatic heterocycles. The first-order chi connectivity index (χ1) is 8.24. The highest BCUT2D eigenvalue weighted by Crippen LogP contribution is 2.44. The van der Waals surface area contributed by atoms with E-state index in [1.807, 2.05) is 0 Å². The minimum Gasteiger partial charge on any atom is -0.319 e. The van der Waals surface area contributed by atoms with Crippen LogP contribution < -0.4 is 10.6 Å². The van der Waals surface area contributed by atoms with Crippen molar-refractivity contribution in [1.82, 2.24) is 15.5 Å². The number of hydrogen-bond acceptors (Lipinski definition) is 3. The van der Waals surface area contributed by atoms with E-state index in [1.54, 1.807) is 0 Å². The van der Waals surface area contributed by atoms with Crippen LogP contribution in [0.25, 0.3) is 0 Å². The number of hydrogen-bond donors (Lipinski definition) is 2. The predicted molar refractivity (Wildman–Crippen MR) is 73.3 cm³/mol. The molecule has 2 aliphatic rings.